The quantitative estimate of drug-likeness (QED) is 0.354. The molecule has 0 aliphatic heterocycles. The molecule has 0 radical (unpaired) electrons. The molecule has 0 fully saturated rings. The third-order valence-corrected chi connectivity index (χ3v) is 4.02. The van der Waals surface area contributed by atoms with Crippen molar-refractivity contribution < 1.29 is 8.85 Å². The van der Waals surface area contributed by atoms with Crippen LogP contribution < -0.4 is 0 Å². The van der Waals surface area contributed by atoms with Gasteiger partial charge >= 0.3 is 9.28 Å². The third-order valence-electron chi connectivity index (χ3n) is 1.73. The van der Waals surface area contributed by atoms with Crippen molar-refractivity contribution in [1.29, 1.82) is 0 Å². The Hall–Kier alpha value is -0.193. The van der Waals surface area contributed by atoms with E-state index in [0.29, 0.717) is 0 Å². The van der Waals surface area contributed by atoms with Crippen LogP contribution in [0.4, 0.5) is 0 Å². The molecule has 0 amide bonds. The van der Waals surface area contributed by atoms with Crippen LogP contribution in [0.3, 0.4) is 0 Å². The van der Waals surface area contributed by atoms with Gasteiger partial charge < -0.3 is 8.85 Å². The lowest BCUT2D eigenvalue weighted by Gasteiger charge is -2.13. The SMILES string of the molecule is CCO[SiH](CCCN=C(C)C)OCC. The van der Waals surface area contributed by atoms with Gasteiger partial charge in [0.15, 0.2) is 0 Å². The topological polar surface area (TPSA) is 30.8 Å². The van der Waals surface area contributed by atoms with E-state index in [-0.39, 0.29) is 0 Å². The van der Waals surface area contributed by atoms with Gasteiger partial charge in [0.05, 0.1) is 0 Å². The van der Waals surface area contributed by atoms with Crippen LogP contribution in [0.15, 0.2) is 4.99 Å². The number of aliphatic imine (C=N–C) groups is 1. The summed E-state index contributed by atoms with van der Waals surface area (Å²) in [7, 11) is -1.37. The van der Waals surface area contributed by atoms with Crippen molar-refractivity contribution >= 4 is 15.0 Å². The summed E-state index contributed by atoms with van der Waals surface area (Å²) < 4.78 is 11.1. The Morgan fingerprint density at radius 2 is 1.71 bits per heavy atom. The summed E-state index contributed by atoms with van der Waals surface area (Å²) in [5.74, 6) is 0. The van der Waals surface area contributed by atoms with Crippen LogP contribution in [0.5, 0.6) is 0 Å². The predicted octanol–water partition coefficient (Wildman–Crippen LogP) is 2.15. The molecule has 0 saturated carbocycles. The van der Waals surface area contributed by atoms with Gasteiger partial charge in [0.1, 0.15) is 0 Å². The average molecular weight is 217 g/mol. The van der Waals surface area contributed by atoms with Gasteiger partial charge in [-0.25, -0.2) is 0 Å². The van der Waals surface area contributed by atoms with Crippen molar-refractivity contribution in [1.82, 2.24) is 0 Å². The largest absolute Gasteiger partial charge is 0.397 e. The highest BCUT2D eigenvalue weighted by atomic mass is 28.3. The molecule has 84 valence electrons. The van der Waals surface area contributed by atoms with Crippen LogP contribution >= 0.6 is 0 Å². The lowest BCUT2D eigenvalue weighted by atomic mass is 10.4. The molecule has 0 bridgehead atoms. The highest BCUT2D eigenvalue weighted by Crippen LogP contribution is 2.02. The second-order valence-corrected chi connectivity index (χ2v) is 5.41. The molecule has 4 heteroatoms. The zero-order valence-corrected chi connectivity index (χ0v) is 11.0. The van der Waals surface area contributed by atoms with Crippen LogP contribution in [-0.2, 0) is 8.85 Å². The Morgan fingerprint density at radius 3 is 2.14 bits per heavy atom. The smallest absolute Gasteiger partial charge is 0.321 e. The minimum Gasteiger partial charge on any atom is -0.397 e. The molecule has 0 aromatic carbocycles. The Morgan fingerprint density at radius 1 is 1.14 bits per heavy atom. The monoisotopic (exact) mass is 217 g/mol. The van der Waals surface area contributed by atoms with E-state index in [1.807, 2.05) is 27.7 Å². The molecule has 0 aromatic rings. The summed E-state index contributed by atoms with van der Waals surface area (Å²) >= 11 is 0. The molecule has 0 aliphatic rings. The van der Waals surface area contributed by atoms with Gasteiger partial charge in [-0.2, -0.15) is 0 Å². The van der Waals surface area contributed by atoms with Gasteiger partial charge in [-0.15, -0.1) is 0 Å². The molecule has 0 atom stereocenters. The van der Waals surface area contributed by atoms with Gasteiger partial charge in [0, 0.05) is 25.5 Å². The average Bonchev–Trinajstić information content (AvgIpc) is 2.12. The summed E-state index contributed by atoms with van der Waals surface area (Å²) in [6.07, 6.45) is 1.09. The minimum atomic E-state index is -1.37. The first-order valence-electron chi connectivity index (χ1n) is 5.41. The summed E-state index contributed by atoms with van der Waals surface area (Å²) in [5.41, 5.74) is 1.15. The molecule has 3 nitrogen and oxygen atoms in total. The maximum atomic E-state index is 5.56. The molecule has 0 rings (SSSR count). The third kappa shape index (κ3) is 8.41. The molecule has 0 heterocycles. The summed E-state index contributed by atoms with van der Waals surface area (Å²) in [6, 6.07) is 1.07. The first kappa shape index (κ1) is 13.8. The van der Waals surface area contributed by atoms with Gasteiger partial charge in [0.25, 0.3) is 0 Å². The highest BCUT2D eigenvalue weighted by molar-refractivity contribution is 6.44. The lowest BCUT2D eigenvalue weighted by molar-refractivity contribution is 0.213. The molecule has 0 spiro atoms. The number of rotatable bonds is 8. The maximum Gasteiger partial charge on any atom is 0.321 e. The molecule has 14 heavy (non-hydrogen) atoms. The van der Waals surface area contributed by atoms with Crippen molar-refractivity contribution in [3.05, 3.63) is 0 Å². The van der Waals surface area contributed by atoms with E-state index in [4.69, 9.17) is 8.85 Å². The Labute approximate surface area is 89.4 Å². The fraction of sp³-hybridized carbons (Fsp3) is 0.900. The van der Waals surface area contributed by atoms with Crippen LogP contribution in [0, 0.1) is 0 Å². The van der Waals surface area contributed by atoms with E-state index in [0.717, 1.165) is 37.9 Å². The first-order chi connectivity index (χ1) is 6.70. The molecule has 0 aromatic heterocycles. The standard InChI is InChI=1S/C10H23NO2Si/c1-5-12-14(13-6-2)9-7-8-11-10(3)4/h14H,5-9H2,1-4H3. The van der Waals surface area contributed by atoms with E-state index in [2.05, 4.69) is 4.99 Å². The van der Waals surface area contributed by atoms with Gasteiger partial charge in [-0.1, -0.05) is 0 Å². The number of nitrogens with zero attached hydrogens (tertiary/aromatic N) is 1. The second kappa shape index (κ2) is 9.37. The summed E-state index contributed by atoms with van der Waals surface area (Å²) in [4.78, 5) is 4.34. The number of hydrogen-bond donors (Lipinski definition) is 0. The van der Waals surface area contributed by atoms with Crippen molar-refractivity contribution in [2.75, 3.05) is 19.8 Å². The summed E-state index contributed by atoms with van der Waals surface area (Å²) in [5, 5.41) is 0. The fourth-order valence-electron chi connectivity index (χ4n) is 1.15. The van der Waals surface area contributed by atoms with E-state index in [9.17, 15) is 0 Å². The zero-order valence-electron chi connectivity index (χ0n) is 9.88. The van der Waals surface area contributed by atoms with Gasteiger partial charge in [-0.3, -0.25) is 4.99 Å². The van der Waals surface area contributed by atoms with Gasteiger partial charge in [0.2, 0.25) is 0 Å². The Balaban J connectivity index is 3.54. The lowest BCUT2D eigenvalue weighted by Crippen LogP contribution is -2.22. The Kier molecular flexibility index (Phi) is 9.24. The van der Waals surface area contributed by atoms with Crippen LogP contribution in [0.25, 0.3) is 0 Å². The fourth-order valence-corrected chi connectivity index (χ4v) is 2.84. The maximum absolute atomic E-state index is 5.56. The second-order valence-electron chi connectivity index (χ2n) is 3.31. The van der Waals surface area contributed by atoms with E-state index in [1.165, 1.54) is 0 Å². The van der Waals surface area contributed by atoms with Crippen molar-refractivity contribution in [2.24, 2.45) is 4.99 Å². The molecular formula is C10H23NO2Si. The molecule has 0 aliphatic carbocycles. The summed E-state index contributed by atoms with van der Waals surface area (Å²) in [6.45, 7) is 10.5. The number of hydrogen-bond acceptors (Lipinski definition) is 3. The van der Waals surface area contributed by atoms with Crippen LogP contribution in [-0.4, -0.2) is 34.8 Å². The van der Waals surface area contributed by atoms with Crippen molar-refractivity contribution in [3.63, 3.8) is 0 Å². The van der Waals surface area contributed by atoms with E-state index >= 15 is 0 Å². The van der Waals surface area contributed by atoms with E-state index < -0.39 is 9.28 Å². The van der Waals surface area contributed by atoms with Crippen molar-refractivity contribution in [3.8, 4) is 0 Å². The van der Waals surface area contributed by atoms with E-state index in [1.54, 1.807) is 0 Å². The minimum absolute atomic E-state index is 0.771. The highest BCUT2D eigenvalue weighted by Gasteiger charge is 2.10. The van der Waals surface area contributed by atoms with Crippen molar-refractivity contribution in [2.45, 2.75) is 40.2 Å². The molecule has 0 unspecified atom stereocenters. The van der Waals surface area contributed by atoms with Crippen LogP contribution in [0.1, 0.15) is 34.1 Å². The van der Waals surface area contributed by atoms with Crippen LogP contribution in [0.2, 0.25) is 6.04 Å². The Bertz CT molecular complexity index is 152. The molecule has 0 N–H and O–H groups in total. The zero-order chi connectivity index (χ0) is 10.8. The molecular weight excluding hydrogens is 194 g/mol. The van der Waals surface area contributed by atoms with Gasteiger partial charge in [-0.05, 0) is 40.2 Å². The predicted molar refractivity (Wildman–Crippen MR) is 63.5 cm³/mol. The molecule has 0 saturated heterocycles. The normalized spacial score (nSPS) is 10.6. The first-order valence-corrected chi connectivity index (χ1v) is 7.17.